The van der Waals surface area contributed by atoms with Gasteiger partial charge < -0.3 is 10.5 Å². The molecule has 2 aromatic rings. The molecule has 2 aromatic carbocycles. The predicted molar refractivity (Wildman–Crippen MR) is 81.1 cm³/mol. The van der Waals surface area contributed by atoms with E-state index in [4.69, 9.17) is 15.9 Å². The van der Waals surface area contributed by atoms with Gasteiger partial charge in [0.15, 0.2) is 0 Å². The number of amidine groups is 1. The van der Waals surface area contributed by atoms with E-state index in [2.05, 4.69) is 15.9 Å². The fourth-order valence-corrected chi connectivity index (χ4v) is 2.08. The van der Waals surface area contributed by atoms with Crippen molar-refractivity contribution in [2.45, 2.75) is 13.8 Å². The van der Waals surface area contributed by atoms with E-state index in [-0.39, 0.29) is 5.84 Å². The molecule has 0 aromatic heterocycles. The minimum Gasteiger partial charge on any atom is -0.456 e. The van der Waals surface area contributed by atoms with Gasteiger partial charge in [-0.1, -0.05) is 28.1 Å². The fraction of sp³-hybridized carbons (Fsp3) is 0.133. The summed E-state index contributed by atoms with van der Waals surface area (Å²) >= 11 is 3.42. The molecule has 0 aliphatic heterocycles. The van der Waals surface area contributed by atoms with Crippen LogP contribution in [0.1, 0.15) is 16.7 Å². The van der Waals surface area contributed by atoms with Crippen molar-refractivity contribution in [2.75, 3.05) is 0 Å². The highest BCUT2D eigenvalue weighted by atomic mass is 79.9. The van der Waals surface area contributed by atoms with Crippen LogP contribution in [0.3, 0.4) is 0 Å². The van der Waals surface area contributed by atoms with E-state index < -0.39 is 0 Å². The number of rotatable bonds is 3. The van der Waals surface area contributed by atoms with Gasteiger partial charge in [0.1, 0.15) is 17.3 Å². The minimum atomic E-state index is 0.00245. The minimum absolute atomic E-state index is 0.00245. The average Bonchev–Trinajstić information content (AvgIpc) is 2.33. The first-order valence-corrected chi connectivity index (χ1v) is 6.65. The van der Waals surface area contributed by atoms with E-state index in [0.29, 0.717) is 11.3 Å². The lowest BCUT2D eigenvalue weighted by atomic mass is 10.1. The summed E-state index contributed by atoms with van der Waals surface area (Å²) in [5.41, 5.74) is 8.27. The number of ether oxygens (including phenoxy) is 1. The summed E-state index contributed by atoms with van der Waals surface area (Å²) in [5, 5.41) is 7.60. The molecular weight excluding hydrogens is 304 g/mol. The number of nitrogens with two attached hydrogens (primary N) is 1. The highest BCUT2D eigenvalue weighted by Crippen LogP contribution is 2.30. The largest absolute Gasteiger partial charge is 0.456 e. The van der Waals surface area contributed by atoms with Crippen LogP contribution in [-0.2, 0) is 0 Å². The molecule has 0 aliphatic carbocycles. The van der Waals surface area contributed by atoms with E-state index in [1.807, 2.05) is 44.2 Å². The Bertz CT molecular complexity index is 638. The summed E-state index contributed by atoms with van der Waals surface area (Å²) in [6.45, 7) is 3.95. The van der Waals surface area contributed by atoms with Gasteiger partial charge in [-0.15, -0.1) is 0 Å². The molecule has 19 heavy (non-hydrogen) atoms. The molecule has 0 unspecified atom stereocenters. The van der Waals surface area contributed by atoms with Crippen LogP contribution in [-0.4, -0.2) is 5.84 Å². The Labute approximate surface area is 121 Å². The first kappa shape index (κ1) is 13.6. The van der Waals surface area contributed by atoms with Crippen molar-refractivity contribution in [1.82, 2.24) is 0 Å². The molecule has 4 heteroatoms. The van der Waals surface area contributed by atoms with Crippen molar-refractivity contribution in [3.63, 3.8) is 0 Å². The quantitative estimate of drug-likeness (QED) is 0.660. The zero-order valence-electron chi connectivity index (χ0n) is 10.8. The molecule has 0 saturated heterocycles. The fourth-order valence-electron chi connectivity index (χ4n) is 1.74. The first-order valence-electron chi connectivity index (χ1n) is 5.86. The zero-order valence-corrected chi connectivity index (χ0v) is 12.4. The van der Waals surface area contributed by atoms with Crippen molar-refractivity contribution in [3.05, 3.63) is 57.6 Å². The highest BCUT2D eigenvalue weighted by molar-refractivity contribution is 9.10. The zero-order chi connectivity index (χ0) is 14.0. The standard InChI is InChI=1S/C15H15BrN2O/c1-9-3-6-12(15(17)18)14(7-9)19-13-8-11(16)5-4-10(13)2/h3-8H,1-2H3,(H3,17,18). The molecule has 3 N–H and O–H groups in total. The third kappa shape index (κ3) is 3.15. The lowest BCUT2D eigenvalue weighted by Gasteiger charge is -2.13. The SMILES string of the molecule is Cc1ccc(C(=N)N)c(Oc2cc(Br)ccc2C)c1. The number of benzene rings is 2. The summed E-state index contributed by atoms with van der Waals surface area (Å²) in [6.07, 6.45) is 0. The number of aryl methyl sites for hydroxylation is 2. The van der Waals surface area contributed by atoms with Crippen molar-refractivity contribution in [2.24, 2.45) is 5.73 Å². The Balaban J connectivity index is 2.45. The van der Waals surface area contributed by atoms with E-state index in [1.165, 1.54) is 0 Å². The van der Waals surface area contributed by atoms with Crippen LogP contribution in [0.2, 0.25) is 0 Å². The molecular formula is C15H15BrN2O. The van der Waals surface area contributed by atoms with Crippen LogP contribution in [0, 0.1) is 19.3 Å². The Hall–Kier alpha value is -1.81. The molecule has 0 atom stereocenters. The molecule has 0 amide bonds. The van der Waals surface area contributed by atoms with E-state index in [1.54, 1.807) is 6.07 Å². The Morgan fingerprint density at radius 3 is 2.53 bits per heavy atom. The van der Waals surface area contributed by atoms with Gasteiger partial charge in [0.2, 0.25) is 0 Å². The molecule has 3 nitrogen and oxygen atoms in total. The second-order valence-electron chi connectivity index (χ2n) is 4.43. The number of hydrogen-bond donors (Lipinski definition) is 2. The van der Waals surface area contributed by atoms with E-state index >= 15 is 0 Å². The lowest BCUT2D eigenvalue weighted by Crippen LogP contribution is -2.12. The number of nitrogen functional groups attached to an aromatic ring is 1. The molecule has 0 bridgehead atoms. The van der Waals surface area contributed by atoms with Gasteiger partial charge in [0, 0.05) is 4.47 Å². The Morgan fingerprint density at radius 1 is 1.11 bits per heavy atom. The Kier molecular flexibility index (Phi) is 3.90. The van der Waals surface area contributed by atoms with Crippen molar-refractivity contribution in [1.29, 1.82) is 5.41 Å². The van der Waals surface area contributed by atoms with Crippen LogP contribution in [0.4, 0.5) is 0 Å². The number of halogens is 1. The van der Waals surface area contributed by atoms with Crippen molar-refractivity contribution in [3.8, 4) is 11.5 Å². The molecule has 0 spiro atoms. The van der Waals surface area contributed by atoms with Gasteiger partial charge in [-0.2, -0.15) is 0 Å². The second kappa shape index (κ2) is 5.45. The van der Waals surface area contributed by atoms with Gasteiger partial charge in [0.25, 0.3) is 0 Å². The van der Waals surface area contributed by atoms with E-state index in [0.717, 1.165) is 21.3 Å². The monoisotopic (exact) mass is 318 g/mol. The topological polar surface area (TPSA) is 59.1 Å². The normalized spacial score (nSPS) is 10.3. The van der Waals surface area contributed by atoms with Crippen LogP contribution in [0.25, 0.3) is 0 Å². The molecule has 0 saturated carbocycles. The molecule has 0 heterocycles. The molecule has 0 radical (unpaired) electrons. The summed E-state index contributed by atoms with van der Waals surface area (Å²) in [6, 6.07) is 11.4. The first-order chi connectivity index (χ1) is 8.97. The highest BCUT2D eigenvalue weighted by Gasteiger charge is 2.10. The number of hydrogen-bond acceptors (Lipinski definition) is 2. The lowest BCUT2D eigenvalue weighted by molar-refractivity contribution is 0.477. The third-order valence-corrected chi connectivity index (χ3v) is 3.29. The average molecular weight is 319 g/mol. The van der Waals surface area contributed by atoms with Crippen LogP contribution >= 0.6 is 15.9 Å². The van der Waals surface area contributed by atoms with Crippen LogP contribution in [0.5, 0.6) is 11.5 Å². The maximum absolute atomic E-state index is 7.60. The second-order valence-corrected chi connectivity index (χ2v) is 5.34. The number of nitrogens with one attached hydrogen (secondary N) is 1. The van der Waals surface area contributed by atoms with Crippen LogP contribution in [0.15, 0.2) is 40.9 Å². The van der Waals surface area contributed by atoms with Gasteiger partial charge in [0.05, 0.1) is 5.56 Å². The van der Waals surface area contributed by atoms with Gasteiger partial charge in [-0.25, -0.2) is 0 Å². The predicted octanol–water partition coefficient (Wildman–Crippen LogP) is 4.14. The Morgan fingerprint density at radius 2 is 1.84 bits per heavy atom. The maximum atomic E-state index is 7.60. The molecule has 0 aliphatic rings. The summed E-state index contributed by atoms with van der Waals surface area (Å²) in [7, 11) is 0. The summed E-state index contributed by atoms with van der Waals surface area (Å²) in [4.78, 5) is 0. The maximum Gasteiger partial charge on any atom is 0.138 e. The molecule has 98 valence electrons. The molecule has 0 fully saturated rings. The summed E-state index contributed by atoms with van der Waals surface area (Å²) in [5.74, 6) is 1.36. The summed E-state index contributed by atoms with van der Waals surface area (Å²) < 4.78 is 6.86. The van der Waals surface area contributed by atoms with E-state index in [9.17, 15) is 0 Å². The smallest absolute Gasteiger partial charge is 0.138 e. The van der Waals surface area contributed by atoms with Gasteiger partial charge in [-0.3, -0.25) is 5.41 Å². The third-order valence-electron chi connectivity index (χ3n) is 2.80. The van der Waals surface area contributed by atoms with Gasteiger partial charge in [-0.05, 0) is 49.2 Å². The molecule has 2 rings (SSSR count). The van der Waals surface area contributed by atoms with Gasteiger partial charge >= 0.3 is 0 Å². The van der Waals surface area contributed by atoms with Crippen LogP contribution < -0.4 is 10.5 Å². The van der Waals surface area contributed by atoms with Crippen molar-refractivity contribution >= 4 is 21.8 Å². The van der Waals surface area contributed by atoms with Crippen molar-refractivity contribution < 1.29 is 4.74 Å².